The van der Waals surface area contributed by atoms with Crippen molar-refractivity contribution in [1.82, 2.24) is 14.9 Å². The number of hydrogen-bond donors (Lipinski definition) is 1. The lowest BCUT2D eigenvalue weighted by Crippen LogP contribution is -2.32. The summed E-state index contributed by atoms with van der Waals surface area (Å²) in [5, 5.41) is 1.14. The first-order valence-electron chi connectivity index (χ1n) is 6.60. The topological polar surface area (TPSA) is 44.3 Å². The molecule has 1 aliphatic heterocycles. The molecule has 2 aromatic rings. The average molecular weight is 254 g/mol. The maximum Gasteiger partial charge on any atom is 0.137 e. The van der Waals surface area contributed by atoms with E-state index in [2.05, 4.69) is 52.8 Å². The molecule has 0 unspecified atom stereocenters. The summed E-state index contributed by atoms with van der Waals surface area (Å²) in [5.41, 5.74) is 3.19. The van der Waals surface area contributed by atoms with Gasteiger partial charge in [-0.2, -0.15) is 0 Å². The van der Waals surface area contributed by atoms with Crippen molar-refractivity contribution in [2.45, 2.75) is 26.8 Å². The van der Waals surface area contributed by atoms with Crippen LogP contribution >= 0.6 is 0 Å². The van der Waals surface area contributed by atoms with Crippen LogP contribution in [0.25, 0.3) is 17.1 Å². The highest BCUT2D eigenvalue weighted by Gasteiger charge is 2.19. The fraction of sp³-hybridized carbons (Fsp3) is 0.333. The predicted octanol–water partition coefficient (Wildman–Crippen LogP) is 3.05. The van der Waals surface area contributed by atoms with Gasteiger partial charge in [-0.05, 0) is 39.0 Å². The quantitative estimate of drug-likeness (QED) is 0.895. The highest BCUT2D eigenvalue weighted by molar-refractivity contribution is 5.89. The molecule has 0 spiro atoms. The van der Waals surface area contributed by atoms with Gasteiger partial charge in [0.1, 0.15) is 11.5 Å². The van der Waals surface area contributed by atoms with E-state index < -0.39 is 0 Å². The summed E-state index contributed by atoms with van der Waals surface area (Å²) < 4.78 is 0. The van der Waals surface area contributed by atoms with Crippen LogP contribution in [0.15, 0.2) is 35.2 Å². The largest absolute Gasteiger partial charge is 0.352 e. The highest BCUT2D eigenvalue weighted by Crippen LogP contribution is 2.22. The third kappa shape index (κ3) is 2.14. The normalized spacial score (nSPS) is 17.8. The van der Waals surface area contributed by atoms with Crippen LogP contribution in [0.3, 0.4) is 0 Å². The van der Waals surface area contributed by atoms with Gasteiger partial charge in [0.2, 0.25) is 0 Å². The van der Waals surface area contributed by atoms with Crippen LogP contribution < -0.4 is 0 Å². The second-order valence-corrected chi connectivity index (χ2v) is 5.16. The third-order valence-electron chi connectivity index (χ3n) is 3.48. The zero-order chi connectivity index (χ0) is 13.4. The first-order valence-corrected chi connectivity index (χ1v) is 6.60. The summed E-state index contributed by atoms with van der Waals surface area (Å²) in [7, 11) is 0. The monoisotopic (exact) mass is 254 g/mol. The van der Waals surface area contributed by atoms with Crippen molar-refractivity contribution in [2.24, 2.45) is 4.99 Å². The molecular weight excluding hydrogens is 236 g/mol. The second kappa shape index (κ2) is 4.53. The Hall–Kier alpha value is -2.10. The Labute approximate surface area is 112 Å². The molecule has 0 atom stereocenters. The molecule has 4 heteroatoms. The fourth-order valence-corrected chi connectivity index (χ4v) is 2.51. The Bertz CT molecular complexity index is 664. The number of hydrogen-bond acceptors (Lipinski definition) is 3. The number of nitrogens with zero attached hydrogens (tertiary/aromatic N) is 3. The van der Waals surface area contributed by atoms with E-state index in [0.29, 0.717) is 6.04 Å². The molecule has 0 saturated carbocycles. The van der Waals surface area contributed by atoms with Crippen molar-refractivity contribution in [3.05, 3.63) is 35.8 Å². The summed E-state index contributed by atoms with van der Waals surface area (Å²) in [6.07, 6.45) is 5.94. The van der Waals surface area contributed by atoms with Crippen molar-refractivity contribution in [3.63, 3.8) is 0 Å². The molecule has 0 saturated heterocycles. The molecule has 0 radical (unpaired) electrons. The number of fused-ring (bicyclic) bond motifs is 1. The zero-order valence-electron chi connectivity index (χ0n) is 11.5. The van der Waals surface area contributed by atoms with Gasteiger partial charge in [-0.15, -0.1) is 0 Å². The number of H-pyrrole nitrogens is 1. The smallest absolute Gasteiger partial charge is 0.137 e. The Morgan fingerprint density at radius 1 is 1.42 bits per heavy atom. The summed E-state index contributed by atoms with van der Waals surface area (Å²) in [6, 6.07) is 4.53. The number of aromatic amines is 1. The van der Waals surface area contributed by atoms with Crippen LogP contribution in [0, 0.1) is 0 Å². The van der Waals surface area contributed by atoms with Gasteiger partial charge in [-0.1, -0.05) is 0 Å². The standard InChI is InChI=1S/C15H18N4/c1-10(2)19-9-13(18-11(19)3)7-12-8-17-15-14(12)5-4-6-16-15/h4-8,10H,9H2,1-3H3,(H,16,17)/b13-7-. The Balaban J connectivity index is 1.95. The van der Waals surface area contributed by atoms with E-state index in [9.17, 15) is 0 Å². The third-order valence-corrected chi connectivity index (χ3v) is 3.48. The van der Waals surface area contributed by atoms with Crippen molar-refractivity contribution in [2.75, 3.05) is 6.54 Å². The van der Waals surface area contributed by atoms with Crippen LogP contribution in [0.5, 0.6) is 0 Å². The van der Waals surface area contributed by atoms with Crippen molar-refractivity contribution >= 4 is 22.9 Å². The zero-order valence-corrected chi connectivity index (χ0v) is 11.5. The van der Waals surface area contributed by atoms with Gasteiger partial charge >= 0.3 is 0 Å². The van der Waals surface area contributed by atoms with Crippen LogP contribution in [0.1, 0.15) is 26.3 Å². The summed E-state index contributed by atoms with van der Waals surface area (Å²) in [6.45, 7) is 7.34. The Morgan fingerprint density at radius 3 is 3.00 bits per heavy atom. The molecular formula is C15H18N4. The first-order chi connectivity index (χ1) is 9.15. The Morgan fingerprint density at radius 2 is 2.26 bits per heavy atom. The molecule has 0 fully saturated rings. The molecule has 0 bridgehead atoms. The van der Waals surface area contributed by atoms with Gasteiger partial charge in [-0.25, -0.2) is 9.98 Å². The number of aliphatic imine (C=N–C) groups is 1. The molecule has 4 nitrogen and oxygen atoms in total. The second-order valence-electron chi connectivity index (χ2n) is 5.16. The molecule has 1 N–H and O–H groups in total. The molecule has 3 heterocycles. The summed E-state index contributed by atoms with van der Waals surface area (Å²) in [5.74, 6) is 1.10. The molecule has 0 aromatic carbocycles. The summed E-state index contributed by atoms with van der Waals surface area (Å²) in [4.78, 5) is 14.4. The minimum atomic E-state index is 0.485. The molecule has 0 amide bonds. The molecule has 98 valence electrons. The van der Waals surface area contributed by atoms with Crippen molar-refractivity contribution in [1.29, 1.82) is 0 Å². The highest BCUT2D eigenvalue weighted by atomic mass is 15.3. The SMILES string of the molecule is CC1=N/C(=C\c2c[nH]c3ncccc23)CN1C(C)C. The number of rotatable bonds is 2. The molecule has 1 aliphatic rings. The van der Waals surface area contributed by atoms with E-state index >= 15 is 0 Å². The van der Waals surface area contributed by atoms with Crippen LogP contribution in [-0.2, 0) is 0 Å². The number of pyridine rings is 1. The lowest BCUT2D eigenvalue weighted by Gasteiger charge is -2.22. The van der Waals surface area contributed by atoms with E-state index in [1.165, 1.54) is 0 Å². The molecule has 2 aromatic heterocycles. The average Bonchev–Trinajstić information content (AvgIpc) is 2.95. The minimum Gasteiger partial charge on any atom is -0.352 e. The lowest BCUT2D eigenvalue weighted by molar-refractivity contribution is 0.390. The van der Waals surface area contributed by atoms with Gasteiger partial charge in [0.05, 0.1) is 12.2 Å². The first kappa shape index (κ1) is 12.0. The van der Waals surface area contributed by atoms with Crippen molar-refractivity contribution < 1.29 is 0 Å². The summed E-state index contributed by atoms with van der Waals surface area (Å²) >= 11 is 0. The van der Waals surface area contributed by atoms with Gasteiger partial charge in [0, 0.05) is 29.4 Å². The van der Waals surface area contributed by atoms with Gasteiger partial charge < -0.3 is 9.88 Å². The predicted molar refractivity (Wildman–Crippen MR) is 79.0 cm³/mol. The van der Waals surface area contributed by atoms with Gasteiger partial charge in [0.15, 0.2) is 0 Å². The number of amidine groups is 1. The molecule has 3 rings (SSSR count). The van der Waals surface area contributed by atoms with E-state index in [1.807, 2.05) is 12.3 Å². The Kier molecular flexibility index (Phi) is 2.85. The van der Waals surface area contributed by atoms with Gasteiger partial charge in [0.25, 0.3) is 0 Å². The van der Waals surface area contributed by atoms with E-state index in [-0.39, 0.29) is 0 Å². The van der Waals surface area contributed by atoms with E-state index in [4.69, 9.17) is 0 Å². The van der Waals surface area contributed by atoms with E-state index in [0.717, 1.165) is 34.7 Å². The number of aromatic nitrogens is 2. The molecule has 19 heavy (non-hydrogen) atoms. The number of nitrogens with one attached hydrogen (secondary N) is 1. The van der Waals surface area contributed by atoms with Crippen LogP contribution in [0.4, 0.5) is 0 Å². The van der Waals surface area contributed by atoms with Gasteiger partial charge in [-0.3, -0.25) is 0 Å². The van der Waals surface area contributed by atoms with Crippen LogP contribution in [0.2, 0.25) is 0 Å². The lowest BCUT2D eigenvalue weighted by atomic mass is 10.2. The minimum absolute atomic E-state index is 0.485. The van der Waals surface area contributed by atoms with Crippen LogP contribution in [-0.4, -0.2) is 33.3 Å². The van der Waals surface area contributed by atoms with Crippen molar-refractivity contribution in [3.8, 4) is 0 Å². The van der Waals surface area contributed by atoms with E-state index in [1.54, 1.807) is 6.20 Å². The maximum absolute atomic E-state index is 4.64. The fourth-order valence-electron chi connectivity index (χ4n) is 2.51. The molecule has 0 aliphatic carbocycles. The maximum atomic E-state index is 4.64.